The summed E-state index contributed by atoms with van der Waals surface area (Å²) in [5.74, 6) is 0. The number of hydrogen-bond acceptors (Lipinski definition) is 3. The number of aromatic amines is 1. The summed E-state index contributed by atoms with van der Waals surface area (Å²) in [6.07, 6.45) is 3.67. The van der Waals surface area contributed by atoms with E-state index >= 15 is 0 Å². The molecule has 2 rings (SSSR count). The predicted octanol–water partition coefficient (Wildman–Crippen LogP) is 4.32. The Labute approximate surface area is 119 Å². The zero-order valence-corrected chi connectivity index (χ0v) is 11.8. The van der Waals surface area contributed by atoms with Gasteiger partial charge >= 0.3 is 0 Å². The lowest BCUT2D eigenvalue weighted by Crippen LogP contribution is -1.95. The second kappa shape index (κ2) is 5.61. The number of nitrogens with one attached hydrogen (secondary N) is 1. The fraction of sp³-hybridized carbons (Fsp3) is 0.0833. The van der Waals surface area contributed by atoms with Crippen molar-refractivity contribution in [2.45, 2.75) is 6.92 Å². The Morgan fingerprint density at radius 1 is 1.28 bits per heavy atom. The van der Waals surface area contributed by atoms with Crippen LogP contribution in [0.2, 0.25) is 10.0 Å². The fourth-order valence-corrected chi connectivity index (χ4v) is 1.98. The highest BCUT2D eigenvalue weighted by Crippen LogP contribution is 2.22. The first-order valence-corrected chi connectivity index (χ1v) is 6.29. The van der Waals surface area contributed by atoms with Gasteiger partial charge in [-0.2, -0.15) is 5.10 Å². The van der Waals surface area contributed by atoms with Gasteiger partial charge in [0.15, 0.2) is 0 Å². The maximum atomic E-state index is 6.07. The summed E-state index contributed by atoms with van der Waals surface area (Å²) < 4.78 is 0.349. The first-order valence-electron chi connectivity index (χ1n) is 5.13. The molecule has 0 saturated heterocycles. The van der Waals surface area contributed by atoms with Crippen molar-refractivity contribution in [3.8, 4) is 0 Å². The molecule has 0 spiro atoms. The molecular formula is C12H9Cl2N3S. The molecule has 0 amide bonds. The van der Waals surface area contributed by atoms with Crippen molar-refractivity contribution in [1.82, 2.24) is 15.2 Å². The van der Waals surface area contributed by atoms with E-state index < -0.39 is 0 Å². The van der Waals surface area contributed by atoms with Crippen LogP contribution in [0.25, 0.3) is 12.2 Å². The molecule has 1 aromatic heterocycles. The molecule has 6 heteroatoms. The lowest BCUT2D eigenvalue weighted by molar-refractivity contribution is 0.900. The van der Waals surface area contributed by atoms with Gasteiger partial charge in [-0.25, -0.2) is 4.98 Å². The van der Waals surface area contributed by atoms with Gasteiger partial charge in [0.25, 0.3) is 0 Å². The quantitative estimate of drug-likeness (QED) is 0.839. The van der Waals surface area contributed by atoms with Crippen LogP contribution in [0.1, 0.15) is 17.0 Å². The van der Waals surface area contributed by atoms with Gasteiger partial charge in [-0.3, -0.25) is 5.10 Å². The lowest BCUT2D eigenvalue weighted by Gasteiger charge is -2.00. The van der Waals surface area contributed by atoms with Crippen LogP contribution >= 0.6 is 35.4 Å². The molecule has 0 aliphatic rings. The first-order chi connectivity index (χ1) is 8.56. The van der Waals surface area contributed by atoms with E-state index in [-0.39, 0.29) is 0 Å². The number of aryl methyl sites for hydroxylation is 1. The van der Waals surface area contributed by atoms with Crippen molar-refractivity contribution in [3.05, 3.63) is 50.0 Å². The molecule has 0 aliphatic carbocycles. The lowest BCUT2D eigenvalue weighted by atomic mass is 10.2. The number of benzene rings is 1. The molecule has 0 aliphatic heterocycles. The van der Waals surface area contributed by atoms with Crippen LogP contribution in [0.15, 0.2) is 18.2 Å². The van der Waals surface area contributed by atoms with E-state index in [1.165, 1.54) is 0 Å². The third-order valence-electron chi connectivity index (χ3n) is 2.30. The number of hydrogen-bond donors (Lipinski definition) is 1. The Hall–Kier alpha value is -1.23. The molecule has 0 fully saturated rings. The van der Waals surface area contributed by atoms with E-state index in [9.17, 15) is 0 Å². The smallest absolute Gasteiger partial charge is 0.214 e. The van der Waals surface area contributed by atoms with E-state index in [2.05, 4.69) is 15.2 Å². The van der Waals surface area contributed by atoms with Crippen molar-refractivity contribution >= 4 is 47.6 Å². The zero-order valence-electron chi connectivity index (χ0n) is 9.45. The summed E-state index contributed by atoms with van der Waals surface area (Å²) >= 11 is 16.8. The highest BCUT2D eigenvalue weighted by molar-refractivity contribution is 7.71. The monoisotopic (exact) mass is 297 g/mol. The van der Waals surface area contributed by atoms with Crippen LogP contribution in [0.3, 0.4) is 0 Å². The van der Waals surface area contributed by atoms with Crippen LogP contribution in [0, 0.1) is 11.7 Å². The highest BCUT2D eigenvalue weighted by atomic mass is 35.5. The molecule has 0 radical (unpaired) electrons. The Morgan fingerprint density at radius 2 is 2.06 bits per heavy atom. The summed E-state index contributed by atoms with van der Waals surface area (Å²) in [5.41, 5.74) is 2.34. The van der Waals surface area contributed by atoms with Gasteiger partial charge in [0.05, 0.1) is 11.4 Å². The van der Waals surface area contributed by atoms with Crippen LogP contribution in [-0.4, -0.2) is 15.2 Å². The van der Waals surface area contributed by atoms with E-state index in [0.717, 1.165) is 11.3 Å². The van der Waals surface area contributed by atoms with Gasteiger partial charge in [-0.15, -0.1) is 0 Å². The molecule has 92 valence electrons. The second-order valence-corrected chi connectivity index (χ2v) is 4.84. The molecule has 1 aromatic carbocycles. The van der Waals surface area contributed by atoms with E-state index in [4.69, 9.17) is 35.4 Å². The van der Waals surface area contributed by atoms with Gasteiger partial charge < -0.3 is 0 Å². The Kier molecular flexibility index (Phi) is 4.11. The molecule has 1 N–H and O–H groups in total. The zero-order chi connectivity index (χ0) is 13.1. The minimum Gasteiger partial charge on any atom is -0.252 e. The number of nitrogens with zero attached hydrogens (tertiary/aromatic N) is 2. The fourth-order valence-electron chi connectivity index (χ4n) is 1.37. The summed E-state index contributed by atoms with van der Waals surface area (Å²) in [6.45, 7) is 1.85. The van der Waals surface area contributed by atoms with Gasteiger partial charge in [0.1, 0.15) is 0 Å². The Morgan fingerprint density at radius 3 is 2.78 bits per heavy atom. The predicted molar refractivity (Wildman–Crippen MR) is 77.3 cm³/mol. The van der Waals surface area contributed by atoms with Gasteiger partial charge in [-0.1, -0.05) is 35.3 Å². The number of aromatic nitrogens is 3. The standard InChI is InChI=1S/C12H9Cl2N3S/c1-7-11(15-12(18)17-16-7)5-3-8-2-4-9(13)6-10(8)14/h2-6H,1H3,(H,15,17,18)/b5-3+. The molecule has 0 saturated carbocycles. The first kappa shape index (κ1) is 13.2. The molecule has 18 heavy (non-hydrogen) atoms. The van der Waals surface area contributed by atoms with Crippen molar-refractivity contribution in [2.75, 3.05) is 0 Å². The average Bonchev–Trinajstić information content (AvgIpc) is 2.32. The maximum Gasteiger partial charge on any atom is 0.214 e. The van der Waals surface area contributed by atoms with Gasteiger partial charge in [-0.05, 0) is 42.9 Å². The molecule has 0 atom stereocenters. The third kappa shape index (κ3) is 3.16. The molecule has 2 aromatic rings. The maximum absolute atomic E-state index is 6.07. The topological polar surface area (TPSA) is 41.6 Å². The van der Waals surface area contributed by atoms with E-state index in [1.807, 2.05) is 25.1 Å². The minimum absolute atomic E-state index is 0.349. The van der Waals surface area contributed by atoms with Crippen molar-refractivity contribution in [1.29, 1.82) is 0 Å². The van der Waals surface area contributed by atoms with Crippen LogP contribution in [0.5, 0.6) is 0 Å². The molecule has 0 bridgehead atoms. The van der Waals surface area contributed by atoms with E-state index in [0.29, 0.717) is 20.5 Å². The summed E-state index contributed by atoms with van der Waals surface area (Å²) in [7, 11) is 0. The van der Waals surface area contributed by atoms with Gasteiger partial charge in [0.2, 0.25) is 4.77 Å². The number of halogens is 2. The normalized spacial score (nSPS) is 11.1. The van der Waals surface area contributed by atoms with Crippen LogP contribution in [-0.2, 0) is 0 Å². The van der Waals surface area contributed by atoms with Crippen molar-refractivity contribution in [2.24, 2.45) is 0 Å². The third-order valence-corrected chi connectivity index (χ3v) is 3.04. The van der Waals surface area contributed by atoms with Crippen LogP contribution in [0.4, 0.5) is 0 Å². The number of rotatable bonds is 2. The SMILES string of the molecule is Cc1n[nH]c(=S)nc1/C=C/c1ccc(Cl)cc1Cl. The van der Waals surface area contributed by atoms with Crippen molar-refractivity contribution in [3.63, 3.8) is 0 Å². The van der Waals surface area contributed by atoms with Gasteiger partial charge in [0, 0.05) is 10.0 Å². The van der Waals surface area contributed by atoms with E-state index in [1.54, 1.807) is 12.1 Å². The van der Waals surface area contributed by atoms with Crippen molar-refractivity contribution < 1.29 is 0 Å². The average molecular weight is 298 g/mol. The molecule has 3 nitrogen and oxygen atoms in total. The summed E-state index contributed by atoms with van der Waals surface area (Å²) in [6, 6.07) is 5.31. The summed E-state index contributed by atoms with van der Waals surface area (Å²) in [4.78, 5) is 4.18. The minimum atomic E-state index is 0.349. The largest absolute Gasteiger partial charge is 0.252 e. The highest BCUT2D eigenvalue weighted by Gasteiger charge is 2.00. The molecular weight excluding hydrogens is 289 g/mol. The number of H-pyrrole nitrogens is 1. The summed E-state index contributed by atoms with van der Waals surface area (Å²) in [5, 5.41) is 7.86. The second-order valence-electron chi connectivity index (χ2n) is 3.61. The Bertz CT molecular complexity index is 665. The van der Waals surface area contributed by atoms with Crippen LogP contribution < -0.4 is 0 Å². The Balaban J connectivity index is 2.35. The molecule has 1 heterocycles. The molecule has 0 unspecified atom stereocenters.